The molecule has 1 atom stereocenters. The number of hydrogen-bond acceptors (Lipinski definition) is 5. The van der Waals surface area contributed by atoms with Gasteiger partial charge in [0.05, 0.1) is 18.1 Å². The number of nitrogens with zero attached hydrogens (tertiary/aromatic N) is 3. The number of guanidine groups is 1. The van der Waals surface area contributed by atoms with Crippen LogP contribution >= 0.6 is 24.0 Å². The van der Waals surface area contributed by atoms with E-state index in [0.29, 0.717) is 19.0 Å². The van der Waals surface area contributed by atoms with E-state index in [2.05, 4.69) is 27.4 Å². The molecule has 1 fully saturated rings. The Kier molecular flexibility index (Phi) is 10.3. The molecule has 146 valence electrons. The lowest BCUT2D eigenvalue weighted by molar-refractivity contribution is -0.384. The smallest absolute Gasteiger partial charge is 0.269 e. The molecule has 1 heterocycles. The number of benzene rings is 1. The number of nitrogens with one attached hydrogen (secondary N) is 2. The molecule has 0 spiro atoms. The Labute approximate surface area is 171 Å². The summed E-state index contributed by atoms with van der Waals surface area (Å²) < 4.78 is 5.43. The maximum atomic E-state index is 10.6. The monoisotopic (exact) mass is 477 g/mol. The molecule has 1 saturated heterocycles. The number of ether oxygens (including phenoxy) is 1. The van der Waals surface area contributed by atoms with Crippen LogP contribution in [0.1, 0.15) is 13.3 Å². The van der Waals surface area contributed by atoms with E-state index in [1.165, 1.54) is 12.1 Å². The van der Waals surface area contributed by atoms with Gasteiger partial charge in [-0.3, -0.25) is 15.1 Å². The minimum Gasteiger partial charge on any atom is -0.383 e. The largest absolute Gasteiger partial charge is 0.383 e. The van der Waals surface area contributed by atoms with Crippen molar-refractivity contribution in [2.75, 3.05) is 51.8 Å². The van der Waals surface area contributed by atoms with E-state index in [1.807, 2.05) is 7.05 Å². The van der Waals surface area contributed by atoms with Gasteiger partial charge in [0.15, 0.2) is 5.96 Å². The number of nitro groups is 1. The first-order valence-electron chi connectivity index (χ1n) is 8.65. The van der Waals surface area contributed by atoms with Crippen molar-refractivity contribution in [3.63, 3.8) is 0 Å². The van der Waals surface area contributed by atoms with Crippen LogP contribution < -0.4 is 10.6 Å². The molecule has 0 aromatic heterocycles. The van der Waals surface area contributed by atoms with Crippen LogP contribution in [0.5, 0.6) is 0 Å². The van der Waals surface area contributed by atoms with E-state index in [-0.39, 0.29) is 29.7 Å². The first-order valence-corrected chi connectivity index (χ1v) is 8.65. The Morgan fingerprint density at radius 1 is 1.42 bits per heavy atom. The molecule has 1 unspecified atom stereocenters. The lowest BCUT2D eigenvalue weighted by atomic mass is 10.1. The molecule has 26 heavy (non-hydrogen) atoms. The Morgan fingerprint density at radius 2 is 2.15 bits per heavy atom. The van der Waals surface area contributed by atoms with E-state index >= 15 is 0 Å². The highest BCUT2D eigenvalue weighted by atomic mass is 127. The second-order valence-corrected chi connectivity index (χ2v) is 6.08. The number of non-ortho nitro benzene ring substituents is 1. The second kappa shape index (κ2) is 11.9. The molecule has 2 N–H and O–H groups in total. The summed E-state index contributed by atoms with van der Waals surface area (Å²) in [5, 5.41) is 17.2. The standard InChI is InChI=1S/C17H27N5O3.HI/c1-3-18-17(21(2)12-14-8-11-25-13-14)20-10-9-19-15-4-6-16(7-5-15)22(23)24;/h4-7,14,19H,3,8-13H2,1-2H3,(H,18,20);1H. The van der Waals surface area contributed by atoms with Crippen molar-refractivity contribution in [3.05, 3.63) is 34.4 Å². The molecule has 8 nitrogen and oxygen atoms in total. The lowest BCUT2D eigenvalue weighted by Crippen LogP contribution is -2.41. The normalized spacial score (nSPS) is 16.7. The van der Waals surface area contributed by atoms with E-state index < -0.39 is 4.92 Å². The zero-order valence-corrected chi connectivity index (χ0v) is 17.6. The van der Waals surface area contributed by atoms with Crippen LogP contribution in [0.2, 0.25) is 0 Å². The number of aliphatic imine (C=N–C) groups is 1. The van der Waals surface area contributed by atoms with Crippen molar-refractivity contribution in [1.82, 2.24) is 10.2 Å². The van der Waals surface area contributed by atoms with Crippen LogP contribution in [0.15, 0.2) is 29.3 Å². The molecule has 0 amide bonds. The van der Waals surface area contributed by atoms with Crippen LogP contribution in [0.3, 0.4) is 0 Å². The number of rotatable bonds is 8. The van der Waals surface area contributed by atoms with E-state index in [4.69, 9.17) is 4.74 Å². The third-order valence-electron chi connectivity index (χ3n) is 4.03. The summed E-state index contributed by atoms with van der Waals surface area (Å²) in [6, 6.07) is 6.40. The molecule has 0 aliphatic carbocycles. The highest BCUT2D eigenvalue weighted by Crippen LogP contribution is 2.15. The summed E-state index contributed by atoms with van der Waals surface area (Å²) in [5.41, 5.74) is 0.942. The van der Waals surface area contributed by atoms with Crippen molar-refractivity contribution < 1.29 is 9.66 Å². The number of hydrogen-bond donors (Lipinski definition) is 2. The van der Waals surface area contributed by atoms with Crippen LogP contribution in [0.25, 0.3) is 0 Å². The number of halogens is 1. The minimum atomic E-state index is -0.401. The van der Waals surface area contributed by atoms with Crippen molar-refractivity contribution in [3.8, 4) is 0 Å². The van der Waals surface area contributed by atoms with Gasteiger partial charge in [0.25, 0.3) is 5.69 Å². The summed E-state index contributed by atoms with van der Waals surface area (Å²) in [4.78, 5) is 17.0. The lowest BCUT2D eigenvalue weighted by Gasteiger charge is -2.24. The minimum absolute atomic E-state index is 0. The SMILES string of the molecule is CCNC(=NCCNc1ccc([N+](=O)[O-])cc1)N(C)CC1CCOC1.I. The first kappa shape index (κ1) is 22.4. The maximum absolute atomic E-state index is 10.6. The van der Waals surface area contributed by atoms with Gasteiger partial charge in [-0.15, -0.1) is 24.0 Å². The van der Waals surface area contributed by atoms with Gasteiger partial charge in [0, 0.05) is 57.0 Å². The van der Waals surface area contributed by atoms with E-state index in [1.54, 1.807) is 12.1 Å². The Balaban J connectivity index is 0.00000338. The molecule has 2 rings (SSSR count). The van der Waals surface area contributed by atoms with Gasteiger partial charge in [-0.1, -0.05) is 0 Å². The number of nitro benzene ring substituents is 1. The zero-order chi connectivity index (χ0) is 18.1. The predicted molar refractivity (Wildman–Crippen MR) is 115 cm³/mol. The Hall–Kier alpha value is -1.62. The molecule has 9 heteroatoms. The molecular formula is C17H28IN5O3. The van der Waals surface area contributed by atoms with Crippen molar-refractivity contribution in [1.29, 1.82) is 0 Å². The third kappa shape index (κ3) is 7.32. The van der Waals surface area contributed by atoms with E-state index in [0.717, 1.165) is 44.4 Å². The van der Waals surface area contributed by atoms with Gasteiger partial charge in [-0.25, -0.2) is 0 Å². The molecule has 1 aromatic carbocycles. The maximum Gasteiger partial charge on any atom is 0.269 e. The Morgan fingerprint density at radius 3 is 2.73 bits per heavy atom. The van der Waals surface area contributed by atoms with Gasteiger partial charge in [0.1, 0.15) is 0 Å². The Bertz CT molecular complexity index is 576. The summed E-state index contributed by atoms with van der Waals surface area (Å²) in [7, 11) is 2.05. The fourth-order valence-corrected chi connectivity index (χ4v) is 2.73. The van der Waals surface area contributed by atoms with Crippen LogP contribution in [0, 0.1) is 16.0 Å². The molecule has 0 bridgehead atoms. The zero-order valence-electron chi connectivity index (χ0n) is 15.3. The average Bonchev–Trinajstić information content (AvgIpc) is 3.11. The molecule has 1 aliphatic heterocycles. The molecular weight excluding hydrogens is 449 g/mol. The van der Waals surface area contributed by atoms with Crippen LogP contribution in [-0.4, -0.2) is 62.2 Å². The number of anilines is 1. The molecule has 1 aromatic rings. The van der Waals surface area contributed by atoms with Crippen LogP contribution in [-0.2, 0) is 4.74 Å². The fraction of sp³-hybridized carbons (Fsp3) is 0.588. The van der Waals surface area contributed by atoms with Gasteiger partial charge in [-0.05, 0) is 25.5 Å². The van der Waals surface area contributed by atoms with Gasteiger partial charge < -0.3 is 20.3 Å². The molecule has 0 radical (unpaired) electrons. The van der Waals surface area contributed by atoms with Gasteiger partial charge >= 0.3 is 0 Å². The van der Waals surface area contributed by atoms with Gasteiger partial charge in [-0.2, -0.15) is 0 Å². The highest BCUT2D eigenvalue weighted by Gasteiger charge is 2.18. The third-order valence-corrected chi connectivity index (χ3v) is 4.03. The summed E-state index contributed by atoms with van der Waals surface area (Å²) in [6.07, 6.45) is 1.10. The van der Waals surface area contributed by atoms with Crippen molar-refractivity contribution >= 4 is 41.3 Å². The average molecular weight is 477 g/mol. The first-order chi connectivity index (χ1) is 12.1. The summed E-state index contributed by atoms with van der Waals surface area (Å²) >= 11 is 0. The van der Waals surface area contributed by atoms with Crippen molar-refractivity contribution in [2.45, 2.75) is 13.3 Å². The summed E-state index contributed by atoms with van der Waals surface area (Å²) in [6.45, 7) is 6.76. The van der Waals surface area contributed by atoms with Crippen molar-refractivity contribution in [2.24, 2.45) is 10.9 Å². The summed E-state index contributed by atoms with van der Waals surface area (Å²) in [5.74, 6) is 1.45. The second-order valence-electron chi connectivity index (χ2n) is 6.08. The highest BCUT2D eigenvalue weighted by molar-refractivity contribution is 14.0. The van der Waals surface area contributed by atoms with E-state index in [9.17, 15) is 10.1 Å². The quantitative estimate of drug-likeness (QED) is 0.149. The van der Waals surface area contributed by atoms with Crippen LogP contribution in [0.4, 0.5) is 11.4 Å². The van der Waals surface area contributed by atoms with Gasteiger partial charge in [0.2, 0.25) is 0 Å². The molecule has 1 aliphatic rings. The fourth-order valence-electron chi connectivity index (χ4n) is 2.73. The molecule has 0 saturated carbocycles. The topological polar surface area (TPSA) is 92.0 Å². The predicted octanol–water partition coefficient (Wildman–Crippen LogP) is 2.56.